The maximum atomic E-state index is 12.5. The van der Waals surface area contributed by atoms with Crippen LogP contribution in [0.2, 0.25) is 5.02 Å². The monoisotopic (exact) mass is 372 g/mol. The van der Waals surface area contributed by atoms with E-state index in [0.717, 1.165) is 29.0 Å². The summed E-state index contributed by atoms with van der Waals surface area (Å²) in [6.45, 7) is 1.88. The molecule has 1 aliphatic heterocycles. The molecule has 2 aromatic rings. The van der Waals surface area contributed by atoms with E-state index in [4.69, 9.17) is 11.6 Å². The smallest absolute Gasteiger partial charge is 0.248 e. The molecule has 4 rings (SSSR count). The van der Waals surface area contributed by atoms with Crippen LogP contribution in [0.25, 0.3) is 0 Å². The van der Waals surface area contributed by atoms with Crippen LogP contribution in [0.5, 0.6) is 0 Å². The minimum atomic E-state index is -0.000361. The van der Waals surface area contributed by atoms with Gasteiger partial charge in [0.25, 0.3) is 0 Å². The van der Waals surface area contributed by atoms with Gasteiger partial charge in [-0.15, -0.1) is 11.3 Å². The van der Waals surface area contributed by atoms with Gasteiger partial charge in [0.1, 0.15) is 0 Å². The molecule has 0 saturated carbocycles. The molecule has 1 atom stereocenters. The maximum absolute atomic E-state index is 12.5. The average Bonchev–Trinajstić information content (AvgIpc) is 3.06. The molecule has 1 aromatic heterocycles. The van der Waals surface area contributed by atoms with Crippen molar-refractivity contribution in [2.24, 2.45) is 11.0 Å². The number of anilines is 1. The lowest BCUT2D eigenvalue weighted by Gasteiger charge is -2.32. The van der Waals surface area contributed by atoms with Gasteiger partial charge < -0.3 is 0 Å². The van der Waals surface area contributed by atoms with Crippen LogP contribution >= 0.6 is 22.9 Å². The molecule has 2 aliphatic rings. The first kappa shape index (κ1) is 16.5. The Morgan fingerprint density at radius 1 is 1.36 bits per heavy atom. The molecule has 25 heavy (non-hydrogen) atoms. The van der Waals surface area contributed by atoms with Crippen molar-refractivity contribution in [3.8, 4) is 0 Å². The Morgan fingerprint density at radius 3 is 2.84 bits per heavy atom. The summed E-state index contributed by atoms with van der Waals surface area (Å²) < 4.78 is 0. The van der Waals surface area contributed by atoms with Gasteiger partial charge in [-0.3, -0.25) is 9.59 Å². The largest absolute Gasteiger partial charge is 0.293 e. The van der Waals surface area contributed by atoms with E-state index in [-0.39, 0.29) is 17.6 Å². The highest BCUT2D eigenvalue weighted by Crippen LogP contribution is 2.37. The molecule has 0 fully saturated rings. The topological polar surface area (TPSA) is 49.7 Å². The maximum Gasteiger partial charge on any atom is 0.248 e. The molecule has 1 unspecified atom stereocenters. The van der Waals surface area contributed by atoms with Crippen LogP contribution < -0.4 is 5.01 Å². The molecule has 0 N–H and O–H groups in total. The van der Waals surface area contributed by atoms with Crippen LogP contribution in [-0.2, 0) is 11.2 Å². The van der Waals surface area contributed by atoms with Crippen LogP contribution in [0.4, 0.5) is 5.69 Å². The number of benzene rings is 1. The Labute approximate surface area is 155 Å². The lowest BCUT2D eigenvalue weighted by atomic mass is 9.83. The van der Waals surface area contributed by atoms with Crippen molar-refractivity contribution in [3.05, 3.63) is 50.7 Å². The second-order valence-corrected chi connectivity index (χ2v) is 7.90. The number of fused-ring (bicyclic) bond motifs is 3. The van der Waals surface area contributed by atoms with Crippen LogP contribution in [0.15, 0.2) is 35.4 Å². The Morgan fingerprint density at radius 2 is 2.12 bits per heavy atom. The highest BCUT2D eigenvalue weighted by atomic mass is 35.5. The molecule has 0 saturated heterocycles. The number of carbonyl (C=O) groups excluding carboxylic acids is 2. The number of hydrazone groups is 1. The van der Waals surface area contributed by atoms with E-state index in [1.807, 2.05) is 13.0 Å². The number of halogens is 1. The summed E-state index contributed by atoms with van der Waals surface area (Å²) in [5.41, 5.74) is 2.69. The van der Waals surface area contributed by atoms with Gasteiger partial charge in [-0.2, -0.15) is 5.10 Å². The first-order valence-corrected chi connectivity index (χ1v) is 9.59. The van der Waals surface area contributed by atoms with Crippen LogP contribution in [0.3, 0.4) is 0 Å². The standard InChI is InChI=1S/C19H17ClN2O2S/c1-2-15(23)17-10-14-16(25-17)8-3-11-9-18(24)22(21-19(11)14)13-6-4-12(20)5-7-13/h4-7,10-11H,2-3,8-9H2,1H3. The highest BCUT2D eigenvalue weighted by Gasteiger charge is 2.35. The molecule has 1 aliphatic carbocycles. The van der Waals surface area contributed by atoms with Crippen molar-refractivity contribution in [3.63, 3.8) is 0 Å². The van der Waals surface area contributed by atoms with Crippen LogP contribution in [0, 0.1) is 5.92 Å². The predicted octanol–water partition coefficient (Wildman–Crippen LogP) is 4.70. The van der Waals surface area contributed by atoms with Gasteiger partial charge in [0.2, 0.25) is 5.91 Å². The average molecular weight is 373 g/mol. The van der Waals surface area contributed by atoms with Gasteiger partial charge in [-0.25, -0.2) is 5.01 Å². The van der Waals surface area contributed by atoms with Crippen molar-refractivity contribution in [1.82, 2.24) is 0 Å². The zero-order chi connectivity index (χ0) is 17.6. The van der Waals surface area contributed by atoms with Gasteiger partial charge in [-0.1, -0.05) is 18.5 Å². The lowest BCUT2D eigenvalue weighted by Crippen LogP contribution is -2.39. The summed E-state index contributed by atoms with van der Waals surface area (Å²) in [6.07, 6.45) is 2.78. The van der Waals surface area contributed by atoms with Gasteiger partial charge >= 0.3 is 0 Å². The number of Topliss-reactive ketones (excluding diaryl/α,β-unsaturated/α-hetero) is 1. The fourth-order valence-electron chi connectivity index (χ4n) is 3.38. The fraction of sp³-hybridized carbons (Fsp3) is 0.316. The summed E-state index contributed by atoms with van der Waals surface area (Å²) in [5, 5.41) is 6.77. The van der Waals surface area contributed by atoms with E-state index in [0.29, 0.717) is 23.6 Å². The van der Waals surface area contributed by atoms with Gasteiger partial charge in [0.05, 0.1) is 16.3 Å². The highest BCUT2D eigenvalue weighted by molar-refractivity contribution is 7.14. The van der Waals surface area contributed by atoms with Gasteiger partial charge in [0.15, 0.2) is 5.78 Å². The number of hydrogen-bond acceptors (Lipinski definition) is 4. The van der Waals surface area contributed by atoms with Gasteiger partial charge in [-0.05, 0) is 43.2 Å². The molecular formula is C19H17ClN2O2S. The molecule has 4 nitrogen and oxygen atoms in total. The number of hydrogen-bond donors (Lipinski definition) is 0. The fourth-order valence-corrected chi connectivity index (χ4v) is 4.70. The minimum Gasteiger partial charge on any atom is -0.293 e. The second-order valence-electron chi connectivity index (χ2n) is 6.33. The second kappa shape index (κ2) is 6.39. The van der Waals surface area contributed by atoms with E-state index >= 15 is 0 Å². The van der Waals surface area contributed by atoms with Crippen molar-refractivity contribution in [2.75, 3.05) is 5.01 Å². The first-order valence-electron chi connectivity index (χ1n) is 8.40. The summed E-state index contributed by atoms with van der Waals surface area (Å²) in [7, 11) is 0. The molecular weight excluding hydrogens is 356 g/mol. The summed E-state index contributed by atoms with van der Waals surface area (Å²) >= 11 is 7.51. The number of nitrogens with zero attached hydrogens (tertiary/aromatic N) is 2. The Bertz CT molecular complexity index is 885. The van der Waals surface area contributed by atoms with E-state index < -0.39 is 0 Å². The van der Waals surface area contributed by atoms with E-state index in [2.05, 4.69) is 5.10 Å². The zero-order valence-corrected chi connectivity index (χ0v) is 15.4. The van der Waals surface area contributed by atoms with E-state index in [1.54, 1.807) is 35.6 Å². The number of rotatable bonds is 3. The molecule has 0 spiro atoms. The Balaban J connectivity index is 1.76. The minimum absolute atomic E-state index is 0.000361. The quantitative estimate of drug-likeness (QED) is 0.733. The SMILES string of the molecule is CCC(=O)c1cc2c(s1)CCC1CC(=O)N(c3ccc(Cl)cc3)N=C21. The Hall–Kier alpha value is -1.98. The van der Waals surface area contributed by atoms with Crippen LogP contribution in [0.1, 0.15) is 46.3 Å². The number of aryl methyl sites for hydroxylation is 1. The normalized spacial score (nSPS) is 19.3. The third-order valence-corrected chi connectivity index (χ3v) is 6.21. The zero-order valence-electron chi connectivity index (χ0n) is 13.8. The van der Waals surface area contributed by atoms with E-state index in [9.17, 15) is 9.59 Å². The molecule has 0 bridgehead atoms. The van der Waals surface area contributed by atoms with Gasteiger partial charge in [0, 0.05) is 34.2 Å². The molecule has 0 radical (unpaired) electrons. The lowest BCUT2D eigenvalue weighted by molar-refractivity contribution is -0.119. The van der Waals surface area contributed by atoms with Crippen molar-refractivity contribution >= 4 is 46.0 Å². The van der Waals surface area contributed by atoms with E-state index in [1.165, 1.54) is 9.89 Å². The van der Waals surface area contributed by atoms with Crippen LogP contribution in [-0.4, -0.2) is 17.4 Å². The number of thiophene rings is 1. The Kier molecular flexibility index (Phi) is 4.21. The number of amides is 1. The van der Waals surface area contributed by atoms with Crippen molar-refractivity contribution in [1.29, 1.82) is 0 Å². The molecule has 128 valence electrons. The molecule has 1 aromatic carbocycles. The summed E-state index contributed by atoms with van der Waals surface area (Å²) in [6, 6.07) is 9.07. The molecule has 1 amide bonds. The van der Waals surface area contributed by atoms with Crippen molar-refractivity contribution in [2.45, 2.75) is 32.6 Å². The molecule has 2 heterocycles. The summed E-state index contributed by atoms with van der Waals surface area (Å²) in [4.78, 5) is 26.6. The first-order chi connectivity index (χ1) is 12.1. The number of ketones is 1. The third-order valence-electron chi connectivity index (χ3n) is 4.72. The van der Waals surface area contributed by atoms with Crippen molar-refractivity contribution < 1.29 is 9.59 Å². The predicted molar refractivity (Wildman–Crippen MR) is 101 cm³/mol. The number of carbonyl (C=O) groups is 2. The third kappa shape index (κ3) is 2.92. The molecule has 6 heteroatoms. The summed E-state index contributed by atoms with van der Waals surface area (Å²) in [5.74, 6) is 0.306.